The summed E-state index contributed by atoms with van der Waals surface area (Å²) in [5.41, 5.74) is 1.37. The quantitative estimate of drug-likeness (QED) is 0.731. The minimum absolute atomic E-state index is 0. The number of carbonyl (C=O) groups is 3. The third-order valence-corrected chi connectivity index (χ3v) is 3.78. The maximum Gasteiger partial charge on any atom is 0.317 e. The average Bonchev–Trinajstić information content (AvgIpc) is 2.93. The van der Waals surface area contributed by atoms with Crippen molar-refractivity contribution in [2.24, 2.45) is 0 Å². The van der Waals surface area contributed by atoms with Gasteiger partial charge in [-0.25, -0.2) is 0 Å². The number of nitrogens with zero attached hydrogens (tertiary/aromatic N) is 2. The molecular weight excluding hydrogens is 346 g/mol. The normalized spacial score (nSPS) is 13.7. The van der Waals surface area contributed by atoms with Gasteiger partial charge in [0, 0.05) is 24.3 Å². The van der Waals surface area contributed by atoms with E-state index in [2.05, 4.69) is 5.32 Å². The minimum Gasteiger partial charge on any atom is -0.480 e. The number of amides is 2. The van der Waals surface area contributed by atoms with Gasteiger partial charge in [-0.1, -0.05) is 13.0 Å². The molecule has 0 bridgehead atoms. The van der Waals surface area contributed by atoms with Crippen molar-refractivity contribution in [2.45, 2.75) is 26.2 Å². The van der Waals surface area contributed by atoms with Gasteiger partial charge in [0.2, 0.25) is 11.8 Å². The first kappa shape index (κ1) is 20.9. The number of carboxylic acid groups (broad SMARTS) is 1. The van der Waals surface area contributed by atoms with Crippen LogP contribution in [0.4, 0.5) is 11.4 Å². The molecule has 0 aromatic heterocycles. The van der Waals surface area contributed by atoms with Gasteiger partial charge >= 0.3 is 5.97 Å². The molecule has 1 aliphatic heterocycles. The predicted octanol–water partition coefficient (Wildman–Crippen LogP) is 1.97. The monoisotopic (exact) mass is 369 g/mol. The largest absolute Gasteiger partial charge is 0.480 e. The summed E-state index contributed by atoms with van der Waals surface area (Å²) < 4.78 is 0. The molecule has 0 aliphatic carbocycles. The molecule has 2 N–H and O–H groups in total. The number of carboxylic acids is 1. The van der Waals surface area contributed by atoms with Crippen molar-refractivity contribution in [3.8, 4) is 0 Å². The third kappa shape index (κ3) is 6.36. The highest BCUT2D eigenvalue weighted by Gasteiger charge is 2.22. The van der Waals surface area contributed by atoms with E-state index in [9.17, 15) is 14.4 Å². The summed E-state index contributed by atoms with van der Waals surface area (Å²) in [7, 11) is 0. The summed E-state index contributed by atoms with van der Waals surface area (Å²) in [5, 5.41) is 11.7. The molecular formula is C17H24ClN3O4. The lowest BCUT2D eigenvalue weighted by Crippen LogP contribution is -2.37. The van der Waals surface area contributed by atoms with Gasteiger partial charge in [0.1, 0.15) is 0 Å². The van der Waals surface area contributed by atoms with Crippen LogP contribution in [0.2, 0.25) is 0 Å². The standard InChI is InChI=1S/C17H23N3O4.ClH/c1-2-8-19(12-17(23)24)11-15(21)18-13-5-3-6-14(10-13)20-9-4-7-16(20)22;/h3,5-6,10H,2,4,7-9,11-12H2,1H3,(H,18,21)(H,23,24);1H. The maximum absolute atomic E-state index is 12.1. The number of aliphatic carboxylic acids is 1. The fourth-order valence-electron chi connectivity index (χ4n) is 2.80. The first-order chi connectivity index (χ1) is 11.5. The molecule has 0 atom stereocenters. The van der Waals surface area contributed by atoms with Crippen LogP contribution >= 0.6 is 12.4 Å². The Morgan fingerprint density at radius 3 is 2.68 bits per heavy atom. The molecule has 1 heterocycles. The van der Waals surface area contributed by atoms with E-state index in [0.29, 0.717) is 25.2 Å². The van der Waals surface area contributed by atoms with Crippen molar-refractivity contribution in [3.05, 3.63) is 24.3 Å². The van der Waals surface area contributed by atoms with Crippen molar-refractivity contribution in [1.29, 1.82) is 0 Å². The van der Waals surface area contributed by atoms with Gasteiger partial charge in [0.05, 0.1) is 13.1 Å². The van der Waals surface area contributed by atoms with Crippen molar-refractivity contribution in [3.63, 3.8) is 0 Å². The van der Waals surface area contributed by atoms with Crippen LogP contribution in [0.5, 0.6) is 0 Å². The molecule has 25 heavy (non-hydrogen) atoms. The molecule has 1 aliphatic rings. The Morgan fingerprint density at radius 2 is 2.08 bits per heavy atom. The Kier molecular flexibility index (Phi) is 8.37. The number of nitrogens with one attached hydrogen (secondary N) is 1. The van der Waals surface area contributed by atoms with E-state index in [1.165, 1.54) is 0 Å². The highest BCUT2D eigenvalue weighted by atomic mass is 35.5. The Labute approximate surface area is 153 Å². The van der Waals surface area contributed by atoms with Crippen molar-refractivity contribution in [1.82, 2.24) is 4.90 Å². The van der Waals surface area contributed by atoms with Crippen LogP contribution < -0.4 is 10.2 Å². The van der Waals surface area contributed by atoms with Crippen LogP contribution in [0.25, 0.3) is 0 Å². The maximum atomic E-state index is 12.1. The Bertz CT molecular complexity index is 624. The fraction of sp³-hybridized carbons (Fsp3) is 0.471. The number of hydrogen-bond donors (Lipinski definition) is 2. The van der Waals surface area contributed by atoms with Crippen LogP contribution in [-0.2, 0) is 14.4 Å². The van der Waals surface area contributed by atoms with Crippen LogP contribution in [0.1, 0.15) is 26.2 Å². The molecule has 2 rings (SSSR count). The lowest BCUT2D eigenvalue weighted by Gasteiger charge is -2.19. The Balaban J connectivity index is 0.00000312. The molecule has 2 amide bonds. The summed E-state index contributed by atoms with van der Waals surface area (Å²) in [5.74, 6) is -1.13. The molecule has 1 fully saturated rings. The zero-order chi connectivity index (χ0) is 17.5. The first-order valence-corrected chi connectivity index (χ1v) is 8.14. The van der Waals surface area contributed by atoms with Crippen LogP contribution in [0.3, 0.4) is 0 Å². The topological polar surface area (TPSA) is 89.9 Å². The number of benzene rings is 1. The first-order valence-electron chi connectivity index (χ1n) is 8.14. The Hall–Kier alpha value is -2.12. The van der Waals surface area contributed by atoms with E-state index < -0.39 is 5.97 Å². The van der Waals surface area contributed by atoms with Crippen LogP contribution in [0, 0.1) is 0 Å². The second-order valence-corrected chi connectivity index (χ2v) is 5.85. The van der Waals surface area contributed by atoms with E-state index in [4.69, 9.17) is 5.11 Å². The van der Waals surface area contributed by atoms with Gasteiger partial charge in [-0.3, -0.25) is 19.3 Å². The van der Waals surface area contributed by atoms with Gasteiger partial charge in [-0.05, 0) is 37.6 Å². The predicted molar refractivity (Wildman–Crippen MR) is 98.3 cm³/mol. The van der Waals surface area contributed by atoms with E-state index in [-0.39, 0.29) is 37.3 Å². The number of rotatable bonds is 8. The number of hydrogen-bond acceptors (Lipinski definition) is 4. The Morgan fingerprint density at radius 1 is 1.32 bits per heavy atom. The van der Waals surface area contributed by atoms with Crippen molar-refractivity contribution < 1.29 is 19.5 Å². The van der Waals surface area contributed by atoms with Crippen LogP contribution in [0.15, 0.2) is 24.3 Å². The molecule has 0 unspecified atom stereocenters. The van der Waals surface area contributed by atoms with Crippen LogP contribution in [-0.4, -0.2) is 54.0 Å². The summed E-state index contributed by atoms with van der Waals surface area (Å²) in [6.45, 7) is 3.03. The second kappa shape index (κ2) is 10.0. The summed E-state index contributed by atoms with van der Waals surface area (Å²) in [4.78, 5) is 38.1. The summed E-state index contributed by atoms with van der Waals surface area (Å²) in [6.07, 6.45) is 2.17. The van der Waals surface area contributed by atoms with E-state index in [1.807, 2.05) is 13.0 Å². The number of anilines is 2. The highest BCUT2D eigenvalue weighted by Crippen LogP contribution is 2.24. The molecule has 1 aromatic rings. The molecule has 0 radical (unpaired) electrons. The van der Waals surface area contributed by atoms with Gasteiger partial charge in [-0.2, -0.15) is 0 Å². The summed E-state index contributed by atoms with van der Waals surface area (Å²) >= 11 is 0. The van der Waals surface area contributed by atoms with Gasteiger partial charge < -0.3 is 15.3 Å². The van der Waals surface area contributed by atoms with E-state index in [1.54, 1.807) is 28.0 Å². The SMILES string of the molecule is CCCN(CC(=O)O)CC(=O)Nc1cccc(N2CCCC2=O)c1.Cl. The van der Waals surface area contributed by atoms with Gasteiger partial charge in [-0.15, -0.1) is 12.4 Å². The van der Waals surface area contributed by atoms with Gasteiger partial charge in [0.25, 0.3) is 0 Å². The van der Waals surface area contributed by atoms with Crippen molar-refractivity contribution >= 4 is 41.6 Å². The molecule has 1 saturated heterocycles. The lowest BCUT2D eigenvalue weighted by molar-refractivity contribution is -0.138. The highest BCUT2D eigenvalue weighted by molar-refractivity contribution is 5.97. The minimum atomic E-state index is -0.953. The molecule has 1 aromatic carbocycles. The zero-order valence-corrected chi connectivity index (χ0v) is 15.1. The van der Waals surface area contributed by atoms with E-state index in [0.717, 1.165) is 18.5 Å². The average molecular weight is 370 g/mol. The lowest BCUT2D eigenvalue weighted by atomic mass is 10.2. The van der Waals surface area contributed by atoms with E-state index >= 15 is 0 Å². The zero-order valence-electron chi connectivity index (χ0n) is 14.2. The summed E-state index contributed by atoms with van der Waals surface area (Å²) in [6, 6.07) is 7.15. The number of halogens is 1. The van der Waals surface area contributed by atoms with Crippen molar-refractivity contribution in [2.75, 3.05) is 36.4 Å². The molecule has 138 valence electrons. The second-order valence-electron chi connectivity index (χ2n) is 5.85. The fourth-order valence-corrected chi connectivity index (χ4v) is 2.80. The molecule has 0 spiro atoms. The molecule has 7 nitrogen and oxygen atoms in total. The third-order valence-electron chi connectivity index (χ3n) is 3.78. The van der Waals surface area contributed by atoms with Gasteiger partial charge in [0.15, 0.2) is 0 Å². The molecule has 8 heteroatoms. The molecule has 0 saturated carbocycles. The smallest absolute Gasteiger partial charge is 0.317 e. The number of carbonyl (C=O) groups excluding carboxylic acids is 2.